The molecule has 0 fully saturated rings. The van der Waals surface area contributed by atoms with Gasteiger partial charge in [-0.05, 0) is 25.0 Å². The fourth-order valence-electron chi connectivity index (χ4n) is 2.25. The molecule has 0 amide bonds. The Morgan fingerprint density at radius 3 is 2.90 bits per heavy atom. The van der Waals surface area contributed by atoms with E-state index in [0.29, 0.717) is 17.0 Å². The van der Waals surface area contributed by atoms with Gasteiger partial charge in [0.05, 0.1) is 12.7 Å². The smallest absolute Gasteiger partial charge is 0.215 e. The van der Waals surface area contributed by atoms with Crippen LogP contribution in [0.3, 0.4) is 0 Å². The zero-order valence-corrected chi connectivity index (χ0v) is 12.5. The van der Waals surface area contributed by atoms with Gasteiger partial charge >= 0.3 is 0 Å². The quantitative estimate of drug-likeness (QED) is 0.797. The second-order valence-corrected chi connectivity index (χ2v) is 5.56. The summed E-state index contributed by atoms with van der Waals surface area (Å²) < 4.78 is 5.24. The average Bonchev–Trinajstić information content (AvgIpc) is 3.05. The van der Waals surface area contributed by atoms with Crippen molar-refractivity contribution < 1.29 is 9.53 Å². The lowest BCUT2D eigenvalue weighted by Crippen LogP contribution is -2.04. The fraction of sp³-hybridized carbons (Fsp3) is 0.176. The fourth-order valence-corrected chi connectivity index (χ4v) is 3.07. The minimum absolute atomic E-state index is 0.102. The summed E-state index contributed by atoms with van der Waals surface area (Å²) in [5.41, 5.74) is 2.12. The van der Waals surface area contributed by atoms with Crippen LogP contribution in [0.4, 0.5) is 0 Å². The van der Waals surface area contributed by atoms with Crippen LogP contribution < -0.4 is 4.74 Å². The molecule has 1 aliphatic rings. The predicted octanol–water partition coefficient (Wildman–Crippen LogP) is 4.12. The van der Waals surface area contributed by atoms with Crippen molar-refractivity contribution in [1.82, 2.24) is 4.98 Å². The first-order chi connectivity index (χ1) is 10.3. The third-order valence-corrected chi connectivity index (χ3v) is 4.22. The zero-order chi connectivity index (χ0) is 14.7. The summed E-state index contributed by atoms with van der Waals surface area (Å²) in [6.45, 7) is 0. The molecule has 106 valence electrons. The lowest BCUT2D eigenvalue weighted by atomic mass is 10.1. The Morgan fingerprint density at radius 2 is 2.14 bits per heavy atom. The number of hydrogen-bond donors (Lipinski definition) is 0. The second kappa shape index (κ2) is 6.06. The normalized spacial score (nSPS) is 13.9. The van der Waals surface area contributed by atoms with E-state index < -0.39 is 0 Å². The summed E-state index contributed by atoms with van der Waals surface area (Å²) in [5.74, 6) is 0.476. The van der Waals surface area contributed by atoms with Crippen molar-refractivity contribution in [2.75, 3.05) is 7.11 Å². The molecule has 2 aromatic rings. The summed E-state index contributed by atoms with van der Waals surface area (Å²) in [6, 6.07) is 7.22. The third-order valence-electron chi connectivity index (χ3n) is 3.33. The van der Waals surface area contributed by atoms with E-state index in [4.69, 9.17) is 4.74 Å². The van der Waals surface area contributed by atoms with Crippen molar-refractivity contribution in [3.05, 3.63) is 64.1 Å². The van der Waals surface area contributed by atoms with Crippen molar-refractivity contribution in [2.45, 2.75) is 12.8 Å². The van der Waals surface area contributed by atoms with Gasteiger partial charge in [-0.2, -0.15) is 0 Å². The number of nitrogens with zero attached hydrogens (tertiary/aromatic N) is 1. The van der Waals surface area contributed by atoms with Gasteiger partial charge in [0.25, 0.3) is 0 Å². The average molecular weight is 297 g/mol. The standard InChI is InChI=1S/C17H15NO2S/c1-20-15-10-6-5-9-13(15)16(19)14-11-21-17(18-14)12-7-3-2-4-8-12/h3,5-11H,2,4H2,1H3. The maximum Gasteiger partial charge on any atom is 0.215 e. The van der Waals surface area contributed by atoms with Crippen molar-refractivity contribution in [3.8, 4) is 5.75 Å². The molecule has 3 rings (SSSR count). The third kappa shape index (κ3) is 2.81. The Kier molecular flexibility index (Phi) is 3.97. The predicted molar refractivity (Wildman–Crippen MR) is 84.9 cm³/mol. The van der Waals surface area contributed by atoms with E-state index in [9.17, 15) is 4.79 Å². The highest BCUT2D eigenvalue weighted by Crippen LogP contribution is 2.27. The molecular weight excluding hydrogens is 282 g/mol. The van der Waals surface area contributed by atoms with Crippen LogP contribution in [0.15, 0.2) is 47.9 Å². The number of aromatic nitrogens is 1. The molecular formula is C17H15NO2S. The van der Waals surface area contributed by atoms with Gasteiger partial charge in [-0.1, -0.05) is 30.4 Å². The Bertz CT molecular complexity index is 728. The van der Waals surface area contributed by atoms with Gasteiger partial charge in [0.2, 0.25) is 5.78 Å². The number of methoxy groups -OCH3 is 1. The first-order valence-electron chi connectivity index (χ1n) is 6.80. The van der Waals surface area contributed by atoms with E-state index in [1.165, 1.54) is 11.3 Å². The summed E-state index contributed by atoms with van der Waals surface area (Å²) in [6.07, 6.45) is 8.47. The monoisotopic (exact) mass is 297 g/mol. The van der Waals surface area contributed by atoms with E-state index in [-0.39, 0.29) is 5.78 Å². The van der Waals surface area contributed by atoms with Gasteiger partial charge in [0.15, 0.2) is 0 Å². The first-order valence-corrected chi connectivity index (χ1v) is 7.68. The molecule has 3 nitrogen and oxygen atoms in total. The Balaban J connectivity index is 1.91. The number of ketones is 1. The molecule has 21 heavy (non-hydrogen) atoms. The lowest BCUT2D eigenvalue weighted by molar-refractivity contribution is 0.103. The van der Waals surface area contributed by atoms with Crippen LogP contribution in [0.25, 0.3) is 5.57 Å². The minimum atomic E-state index is -0.102. The molecule has 0 spiro atoms. The van der Waals surface area contributed by atoms with E-state index in [2.05, 4.69) is 23.2 Å². The highest BCUT2D eigenvalue weighted by Gasteiger charge is 2.17. The molecule has 1 heterocycles. The summed E-state index contributed by atoms with van der Waals surface area (Å²) >= 11 is 1.50. The van der Waals surface area contributed by atoms with Crippen LogP contribution in [-0.2, 0) is 0 Å². The Morgan fingerprint density at radius 1 is 1.29 bits per heavy atom. The molecule has 0 atom stereocenters. The van der Waals surface area contributed by atoms with Gasteiger partial charge in [0, 0.05) is 11.0 Å². The SMILES string of the molecule is COc1ccccc1C(=O)c1csc(C2=CCCC=C2)n1. The molecule has 4 heteroatoms. The van der Waals surface area contributed by atoms with Gasteiger partial charge in [0.1, 0.15) is 16.5 Å². The van der Waals surface area contributed by atoms with Crippen molar-refractivity contribution >= 4 is 22.7 Å². The van der Waals surface area contributed by atoms with Crippen LogP contribution in [0, 0.1) is 0 Å². The van der Waals surface area contributed by atoms with E-state index in [1.54, 1.807) is 19.2 Å². The highest BCUT2D eigenvalue weighted by molar-refractivity contribution is 7.11. The molecule has 0 radical (unpaired) electrons. The van der Waals surface area contributed by atoms with Gasteiger partial charge < -0.3 is 4.74 Å². The number of thiazole rings is 1. The molecule has 1 aromatic carbocycles. The number of allylic oxidation sites excluding steroid dienone is 4. The van der Waals surface area contributed by atoms with E-state index in [0.717, 1.165) is 23.4 Å². The van der Waals surface area contributed by atoms with Crippen LogP contribution >= 0.6 is 11.3 Å². The zero-order valence-electron chi connectivity index (χ0n) is 11.7. The second-order valence-electron chi connectivity index (χ2n) is 4.71. The Labute approximate surface area is 127 Å². The van der Waals surface area contributed by atoms with Crippen LogP contribution in [0.2, 0.25) is 0 Å². The topological polar surface area (TPSA) is 39.2 Å². The van der Waals surface area contributed by atoms with Crippen LogP contribution in [0.1, 0.15) is 33.9 Å². The van der Waals surface area contributed by atoms with Gasteiger partial charge in [-0.25, -0.2) is 4.98 Å². The van der Waals surface area contributed by atoms with Gasteiger partial charge in [-0.3, -0.25) is 4.79 Å². The largest absolute Gasteiger partial charge is 0.496 e. The van der Waals surface area contributed by atoms with E-state index in [1.807, 2.05) is 17.5 Å². The number of para-hydroxylation sites is 1. The number of hydrogen-bond acceptors (Lipinski definition) is 4. The molecule has 0 N–H and O–H groups in total. The Hall–Kier alpha value is -2.20. The van der Waals surface area contributed by atoms with Crippen molar-refractivity contribution in [1.29, 1.82) is 0 Å². The van der Waals surface area contributed by atoms with E-state index >= 15 is 0 Å². The number of carbonyl (C=O) groups is 1. The van der Waals surface area contributed by atoms with Crippen molar-refractivity contribution in [2.24, 2.45) is 0 Å². The molecule has 1 aliphatic carbocycles. The molecule has 0 aliphatic heterocycles. The minimum Gasteiger partial charge on any atom is -0.496 e. The van der Waals surface area contributed by atoms with Crippen molar-refractivity contribution in [3.63, 3.8) is 0 Å². The molecule has 1 aromatic heterocycles. The summed E-state index contributed by atoms with van der Waals surface area (Å²) in [4.78, 5) is 17.0. The lowest BCUT2D eigenvalue weighted by Gasteiger charge is -2.05. The number of carbonyl (C=O) groups excluding carboxylic acids is 1. The highest BCUT2D eigenvalue weighted by atomic mass is 32.1. The van der Waals surface area contributed by atoms with Crippen LogP contribution in [-0.4, -0.2) is 17.9 Å². The maximum atomic E-state index is 12.5. The number of rotatable bonds is 4. The molecule has 0 saturated heterocycles. The summed E-state index contributed by atoms with van der Waals surface area (Å²) in [5, 5.41) is 2.71. The maximum absolute atomic E-state index is 12.5. The molecule has 0 saturated carbocycles. The number of ether oxygens (including phenoxy) is 1. The first kappa shape index (κ1) is 13.8. The van der Waals surface area contributed by atoms with Gasteiger partial charge in [-0.15, -0.1) is 11.3 Å². The number of benzene rings is 1. The summed E-state index contributed by atoms with van der Waals surface area (Å²) in [7, 11) is 1.57. The van der Waals surface area contributed by atoms with Crippen LogP contribution in [0.5, 0.6) is 5.75 Å². The molecule has 0 unspecified atom stereocenters. The molecule has 0 bridgehead atoms.